The van der Waals surface area contributed by atoms with Crippen LogP contribution in [0.2, 0.25) is 15.1 Å². The van der Waals surface area contributed by atoms with Gasteiger partial charge in [-0.25, -0.2) is 0 Å². The maximum absolute atomic E-state index is 12.2. The van der Waals surface area contributed by atoms with Crippen LogP contribution in [0.5, 0.6) is 11.5 Å². The summed E-state index contributed by atoms with van der Waals surface area (Å²) in [5.74, 6) is 0.411. The lowest BCUT2D eigenvalue weighted by molar-refractivity contribution is -0.132. The Kier molecular flexibility index (Phi) is 9.30. The van der Waals surface area contributed by atoms with Gasteiger partial charge in [0.15, 0.2) is 13.2 Å². The largest absolute Gasteiger partial charge is 0.484 e. The van der Waals surface area contributed by atoms with Crippen LogP contribution in [0, 0.1) is 0 Å². The SMILES string of the molecule is C=C(CCN(C)C(=O)COc1ccc(Cl)c(Cl)c1)NC(=O)COc1ccc(Cl)cc1. The number of ether oxygens (including phenoxy) is 2. The third-order valence-corrected chi connectivity index (χ3v) is 4.92. The van der Waals surface area contributed by atoms with Crippen molar-refractivity contribution < 1.29 is 19.1 Å². The Morgan fingerprint density at radius 1 is 0.967 bits per heavy atom. The van der Waals surface area contributed by atoms with Gasteiger partial charge in [0.25, 0.3) is 11.8 Å². The van der Waals surface area contributed by atoms with E-state index in [2.05, 4.69) is 11.9 Å². The number of carbonyl (C=O) groups is 2. The molecule has 0 radical (unpaired) electrons. The first-order chi connectivity index (χ1) is 14.2. The van der Waals surface area contributed by atoms with Crippen molar-refractivity contribution in [2.24, 2.45) is 0 Å². The minimum atomic E-state index is -0.341. The highest BCUT2D eigenvalue weighted by Crippen LogP contribution is 2.26. The Balaban J connectivity index is 1.67. The highest BCUT2D eigenvalue weighted by atomic mass is 35.5. The van der Waals surface area contributed by atoms with Crippen LogP contribution in [0.3, 0.4) is 0 Å². The number of amides is 2. The van der Waals surface area contributed by atoms with Crippen LogP contribution in [0.1, 0.15) is 6.42 Å². The van der Waals surface area contributed by atoms with Crippen LogP contribution < -0.4 is 14.8 Å². The molecule has 1 N–H and O–H groups in total. The Labute approximate surface area is 190 Å². The molecule has 160 valence electrons. The second-order valence-corrected chi connectivity index (χ2v) is 7.58. The fraction of sp³-hybridized carbons (Fsp3) is 0.238. The molecular weight excluding hydrogens is 451 g/mol. The van der Waals surface area contributed by atoms with E-state index in [1.165, 1.54) is 4.90 Å². The minimum absolute atomic E-state index is 0.151. The first kappa shape index (κ1) is 23.9. The second kappa shape index (κ2) is 11.7. The molecule has 0 saturated heterocycles. The molecule has 9 heteroatoms. The number of likely N-dealkylation sites (N-methyl/N-ethyl adjacent to an activating group) is 1. The number of nitrogens with zero attached hydrogens (tertiary/aromatic N) is 1. The van der Waals surface area contributed by atoms with Crippen molar-refractivity contribution in [3.63, 3.8) is 0 Å². The summed E-state index contributed by atoms with van der Waals surface area (Å²) >= 11 is 17.6. The van der Waals surface area contributed by atoms with E-state index >= 15 is 0 Å². The van der Waals surface area contributed by atoms with Gasteiger partial charge in [-0.3, -0.25) is 9.59 Å². The summed E-state index contributed by atoms with van der Waals surface area (Å²) in [5, 5.41) is 3.99. The fourth-order valence-corrected chi connectivity index (χ4v) is 2.64. The molecule has 0 aliphatic carbocycles. The quantitative estimate of drug-likeness (QED) is 0.551. The van der Waals surface area contributed by atoms with Gasteiger partial charge in [0.05, 0.1) is 10.0 Å². The summed E-state index contributed by atoms with van der Waals surface area (Å²) in [4.78, 5) is 25.6. The first-order valence-corrected chi connectivity index (χ1v) is 10.1. The molecule has 30 heavy (non-hydrogen) atoms. The second-order valence-electron chi connectivity index (χ2n) is 6.32. The standard InChI is InChI=1S/C21H21Cl3N2O4/c1-14(25-20(27)12-29-16-5-3-15(22)4-6-16)9-10-26(2)21(28)13-30-17-7-8-18(23)19(24)11-17/h3-8,11H,1,9-10,12-13H2,2H3,(H,25,27). The maximum atomic E-state index is 12.2. The summed E-state index contributed by atoms with van der Waals surface area (Å²) in [6.45, 7) is 3.85. The van der Waals surface area contributed by atoms with Gasteiger partial charge in [0, 0.05) is 36.8 Å². The molecule has 2 rings (SSSR count). The average molecular weight is 472 g/mol. The zero-order chi connectivity index (χ0) is 22.1. The van der Waals surface area contributed by atoms with Gasteiger partial charge in [-0.15, -0.1) is 0 Å². The van der Waals surface area contributed by atoms with E-state index in [1.54, 1.807) is 49.5 Å². The van der Waals surface area contributed by atoms with Gasteiger partial charge in [0.2, 0.25) is 0 Å². The topological polar surface area (TPSA) is 67.9 Å². The van der Waals surface area contributed by atoms with Crippen LogP contribution in [-0.2, 0) is 9.59 Å². The van der Waals surface area contributed by atoms with Gasteiger partial charge in [-0.2, -0.15) is 0 Å². The van der Waals surface area contributed by atoms with Crippen molar-refractivity contribution >= 4 is 46.6 Å². The first-order valence-electron chi connectivity index (χ1n) is 8.92. The van der Waals surface area contributed by atoms with Crippen LogP contribution in [0.25, 0.3) is 0 Å². The maximum Gasteiger partial charge on any atom is 0.262 e. The molecule has 0 atom stereocenters. The van der Waals surface area contributed by atoms with E-state index in [9.17, 15) is 9.59 Å². The van der Waals surface area contributed by atoms with E-state index in [1.807, 2.05) is 0 Å². The normalized spacial score (nSPS) is 10.3. The van der Waals surface area contributed by atoms with Crippen molar-refractivity contribution in [2.45, 2.75) is 6.42 Å². The van der Waals surface area contributed by atoms with Crippen molar-refractivity contribution in [3.8, 4) is 11.5 Å². The summed E-state index contributed by atoms with van der Waals surface area (Å²) in [6, 6.07) is 11.5. The van der Waals surface area contributed by atoms with Gasteiger partial charge >= 0.3 is 0 Å². The van der Waals surface area contributed by atoms with Gasteiger partial charge in [0.1, 0.15) is 11.5 Å². The number of carbonyl (C=O) groups excluding carboxylic acids is 2. The lowest BCUT2D eigenvalue weighted by atomic mass is 10.3. The molecule has 2 amide bonds. The third kappa shape index (κ3) is 8.14. The van der Waals surface area contributed by atoms with Crippen molar-refractivity contribution in [1.29, 1.82) is 0 Å². The summed E-state index contributed by atoms with van der Waals surface area (Å²) < 4.78 is 10.8. The number of hydrogen-bond acceptors (Lipinski definition) is 4. The highest BCUT2D eigenvalue weighted by molar-refractivity contribution is 6.42. The molecule has 2 aromatic carbocycles. The van der Waals surface area contributed by atoms with Crippen LogP contribution >= 0.6 is 34.8 Å². The molecule has 0 heterocycles. The molecule has 0 saturated carbocycles. The van der Waals surface area contributed by atoms with Crippen molar-refractivity contribution in [1.82, 2.24) is 10.2 Å². The molecular formula is C21H21Cl3N2O4. The summed E-state index contributed by atoms with van der Waals surface area (Å²) in [6.07, 6.45) is 0.391. The third-order valence-electron chi connectivity index (χ3n) is 3.93. The highest BCUT2D eigenvalue weighted by Gasteiger charge is 2.12. The summed E-state index contributed by atoms with van der Waals surface area (Å²) in [7, 11) is 1.64. The molecule has 6 nitrogen and oxygen atoms in total. The zero-order valence-electron chi connectivity index (χ0n) is 16.3. The molecule has 0 aliphatic heterocycles. The molecule has 0 aliphatic rings. The Morgan fingerprint density at radius 2 is 1.60 bits per heavy atom. The van der Waals surface area contributed by atoms with E-state index in [0.717, 1.165) is 0 Å². The number of hydrogen-bond donors (Lipinski definition) is 1. The molecule has 0 bridgehead atoms. The van der Waals surface area contributed by atoms with Gasteiger partial charge < -0.3 is 19.7 Å². The smallest absolute Gasteiger partial charge is 0.262 e. The average Bonchev–Trinajstić information content (AvgIpc) is 2.72. The van der Waals surface area contributed by atoms with Crippen molar-refractivity contribution in [2.75, 3.05) is 26.8 Å². The lowest BCUT2D eigenvalue weighted by Gasteiger charge is -2.18. The number of nitrogens with one attached hydrogen (secondary N) is 1. The molecule has 2 aromatic rings. The lowest BCUT2D eigenvalue weighted by Crippen LogP contribution is -2.34. The Hall–Kier alpha value is -2.41. The van der Waals surface area contributed by atoms with E-state index in [0.29, 0.717) is 45.2 Å². The Bertz CT molecular complexity index is 904. The fourth-order valence-electron chi connectivity index (χ4n) is 2.22. The molecule has 0 fully saturated rings. The minimum Gasteiger partial charge on any atom is -0.484 e. The van der Waals surface area contributed by atoms with Crippen LogP contribution in [0.4, 0.5) is 0 Å². The van der Waals surface area contributed by atoms with E-state index < -0.39 is 0 Å². The van der Waals surface area contributed by atoms with Crippen LogP contribution in [-0.4, -0.2) is 43.5 Å². The van der Waals surface area contributed by atoms with Gasteiger partial charge in [-0.05, 0) is 36.4 Å². The Morgan fingerprint density at radius 3 is 2.27 bits per heavy atom. The number of rotatable bonds is 10. The molecule has 0 spiro atoms. The molecule has 0 aromatic heterocycles. The van der Waals surface area contributed by atoms with Gasteiger partial charge in [-0.1, -0.05) is 41.4 Å². The van der Waals surface area contributed by atoms with E-state index in [-0.39, 0.29) is 25.0 Å². The monoisotopic (exact) mass is 470 g/mol. The predicted octanol–water partition coefficient (Wildman–Crippen LogP) is 4.58. The molecule has 0 unspecified atom stereocenters. The van der Waals surface area contributed by atoms with Crippen molar-refractivity contribution in [3.05, 3.63) is 69.8 Å². The summed E-state index contributed by atoms with van der Waals surface area (Å²) in [5.41, 5.74) is 0.477. The van der Waals surface area contributed by atoms with Crippen LogP contribution in [0.15, 0.2) is 54.7 Å². The number of benzene rings is 2. The number of halogens is 3. The zero-order valence-corrected chi connectivity index (χ0v) is 18.6. The van der Waals surface area contributed by atoms with E-state index in [4.69, 9.17) is 44.3 Å². The predicted molar refractivity (Wildman–Crippen MR) is 118 cm³/mol.